The number of rotatable bonds is 4. The molecular formula is C18H10N10O. The van der Waals surface area contributed by atoms with Crippen molar-refractivity contribution >= 4 is 11.5 Å². The van der Waals surface area contributed by atoms with Crippen LogP contribution in [0.2, 0.25) is 0 Å². The second-order valence-electron chi connectivity index (χ2n) is 5.58. The fraction of sp³-hybridized carbons (Fsp3) is 0. The van der Waals surface area contributed by atoms with Crippen molar-refractivity contribution in [2.75, 3.05) is 0 Å². The highest BCUT2D eigenvalue weighted by Gasteiger charge is 2.17. The van der Waals surface area contributed by atoms with Crippen LogP contribution < -0.4 is 5.56 Å². The van der Waals surface area contributed by atoms with Crippen molar-refractivity contribution in [2.45, 2.75) is 0 Å². The maximum absolute atomic E-state index is 12.7. The summed E-state index contributed by atoms with van der Waals surface area (Å²) in [4.78, 5) is 20.9. The largest absolute Gasteiger partial charge is 0.300 e. The summed E-state index contributed by atoms with van der Waals surface area (Å²) in [6.45, 7) is 0. The Bertz CT molecular complexity index is 1330. The Kier molecular flexibility index (Phi) is 4.46. The van der Waals surface area contributed by atoms with Crippen LogP contribution in [0.15, 0.2) is 70.0 Å². The lowest BCUT2D eigenvalue weighted by atomic mass is 10.3. The number of H-pyrrole nitrogens is 1. The first-order valence-corrected chi connectivity index (χ1v) is 8.20. The van der Waals surface area contributed by atoms with E-state index in [2.05, 4.69) is 30.4 Å². The van der Waals surface area contributed by atoms with Crippen molar-refractivity contribution in [3.63, 3.8) is 0 Å². The molecule has 0 saturated heterocycles. The lowest BCUT2D eigenvalue weighted by molar-refractivity contribution is 0.803. The second-order valence-corrected chi connectivity index (χ2v) is 5.58. The Labute approximate surface area is 162 Å². The molecule has 0 spiro atoms. The number of azo groups is 1. The number of aromatic nitrogens is 6. The van der Waals surface area contributed by atoms with Crippen LogP contribution >= 0.6 is 0 Å². The zero-order chi connectivity index (χ0) is 20.2. The van der Waals surface area contributed by atoms with E-state index in [1.54, 1.807) is 36.4 Å². The van der Waals surface area contributed by atoms with Gasteiger partial charge in [0.1, 0.15) is 17.7 Å². The SMILES string of the molecule is N#Cc1cnn(-c2ncccn2)c1N=Nc1c(C#N)[nH]n(-c2ccccc2)c1=O. The lowest BCUT2D eigenvalue weighted by Gasteiger charge is -2.00. The zero-order valence-electron chi connectivity index (χ0n) is 14.6. The van der Waals surface area contributed by atoms with E-state index >= 15 is 0 Å². The van der Waals surface area contributed by atoms with E-state index in [-0.39, 0.29) is 28.7 Å². The Balaban J connectivity index is 1.81. The molecule has 1 N–H and O–H groups in total. The molecule has 0 saturated carbocycles. The molecule has 4 rings (SSSR count). The van der Waals surface area contributed by atoms with Crippen LogP contribution in [0.5, 0.6) is 0 Å². The second kappa shape index (κ2) is 7.38. The molecule has 3 heterocycles. The Morgan fingerprint density at radius 3 is 2.45 bits per heavy atom. The Morgan fingerprint density at radius 2 is 1.76 bits per heavy atom. The van der Waals surface area contributed by atoms with Crippen LogP contribution in [0.1, 0.15) is 11.3 Å². The molecule has 11 heteroatoms. The predicted molar refractivity (Wildman–Crippen MR) is 99.1 cm³/mol. The van der Waals surface area contributed by atoms with Gasteiger partial charge in [0.2, 0.25) is 0 Å². The van der Waals surface area contributed by atoms with Crippen molar-refractivity contribution in [3.05, 3.63) is 76.6 Å². The standard InChI is InChI=1S/C18H10N10O/c19-9-12-11-23-28(18-21-7-4-8-22-18)16(12)25-24-15-14(10-20)26-27(17(15)29)13-5-2-1-3-6-13/h1-8,11,26H. The minimum absolute atomic E-state index is 0.0365. The number of aromatic amines is 1. The Morgan fingerprint density at radius 1 is 1.00 bits per heavy atom. The summed E-state index contributed by atoms with van der Waals surface area (Å²) in [5.41, 5.74) is -0.170. The van der Waals surface area contributed by atoms with Gasteiger partial charge in [0.25, 0.3) is 11.5 Å². The van der Waals surface area contributed by atoms with Crippen LogP contribution in [-0.4, -0.2) is 29.5 Å². The van der Waals surface area contributed by atoms with Crippen LogP contribution in [0, 0.1) is 22.7 Å². The lowest BCUT2D eigenvalue weighted by Crippen LogP contribution is -2.13. The van der Waals surface area contributed by atoms with Crippen LogP contribution in [0.4, 0.5) is 11.5 Å². The molecule has 0 bridgehead atoms. The maximum Gasteiger partial charge on any atom is 0.300 e. The van der Waals surface area contributed by atoms with Crippen molar-refractivity contribution in [3.8, 4) is 23.8 Å². The molecule has 0 aliphatic carbocycles. The van der Waals surface area contributed by atoms with Crippen LogP contribution in [0.25, 0.3) is 11.6 Å². The minimum atomic E-state index is -0.558. The van der Waals surface area contributed by atoms with Crippen molar-refractivity contribution in [1.82, 2.24) is 29.5 Å². The number of nitriles is 2. The third-order valence-electron chi connectivity index (χ3n) is 3.84. The first kappa shape index (κ1) is 17.5. The molecule has 11 nitrogen and oxygen atoms in total. The number of para-hydroxylation sites is 1. The molecule has 3 aromatic heterocycles. The molecule has 0 amide bonds. The van der Waals surface area contributed by atoms with Gasteiger partial charge in [0, 0.05) is 12.4 Å². The molecule has 138 valence electrons. The van der Waals surface area contributed by atoms with Crippen molar-refractivity contribution in [1.29, 1.82) is 10.5 Å². The van der Waals surface area contributed by atoms with E-state index in [1.807, 2.05) is 12.1 Å². The van der Waals surface area contributed by atoms with Gasteiger partial charge in [-0.05, 0) is 18.2 Å². The zero-order valence-corrected chi connectivity index (χ0v) is 14.6. The fourth-order valence-electron chi connectivity index (χ4n) is 2.52. The van der Waals surface area contributed by atoms with E-state index in [0.29, 0.717) is 5.69 Å². The topological polar surface area (TPSA) is 154 Å². The quantitative estimate of drug-likeness (QED) is 0.534. The fourth-order valence-corrected chi connectivity index (χ4v) is 2.52. The molecular weight excluding hydrogens is 372 g/mol. The normalized spacial score (nSPS) is 10.7. The average molecular weight is 382 g/mol. The number of benzene rings is 1. The number of hydrogen-bond donors (Lipinski definition) is 1. The minimum Gasteiger partial charge on any atom is -0.279 e. The smallest absolute Gasteiger partial charge is 0.279 e. The van der Waals surface area contributed by atoms with E-state index < -0.39 is 5.56 Å². The van der Waals surface area contributed by atoms with E-state index in [4.69, 9.17) is 0 Å². The molecule has 0 aliphatic heterocycles. The molecule has 0 unspecified atom stereocenters. The summed E-state index contributed by atoms with van der Waals surface area (Å²) < 4.78 is 2.41. The van der Waals surface area contributed by atoms with Crippen LogP contribution in [-0.2, 0) is 0 Å². The number of nitrogens with one attached hydrogen (secondary N) is 1. The highest BCUT2D eigenvalue weighted by molar-refractivity contribution is 5.52. The monoisotopic (exact) mass is 382 g/mol. The third kappa shape index (κ3) is 3.15. The van der Waals surface area contributed by atoms with E-state index in [1.165, 1.54) is 28.0 Å². The highest BCUT2D eigenvalue weighted by atomic mass is 16.1. The van der Waals surface area contributed by atoms with Crippen molar-refractivity contribution in [2.24, 2.45) is 10.2 Å². The van der Waals surface area contributed by atoms with Gasteiger partial charge >= 0.3 is 0 Å². The number of hydrogen-bond acceptors (Lipinski definition) is 8. The summed E-state index contributed by atoms with van der Waals surface area (Å²) in [7, 11) is 0. The van der Waals surface area contributed by atoms with Crippen LogP contribution in [0.3, 0.4) is 0 Å². The van der Waals surface area contributed by atoms with Gasteiger partial charge in [-0.1, -0.05) is 18.2 Å². The van der Waals surface area contributed by atoms with Gasteiger partial charge in [-0.25, -0.2) is 14.6 Å². The number of nitrogens with zero attached hydrogens (tertiary/aromatic N) is 9. The molecule has 29 heavy (non-hydrogen) atoms. The Hall–Kier alpha value is -4.90. The summed E-state index contributed by atoms with van der Waals surface area (Å²) in [5, 5.41) is 33.4. The molecule has 0 radical (unpaired) electrons. The van der Waals surface area contributed by atoms with E-state index in [0.717, 1.165) is 0 Å². The van der Waals surface area contributed by atoms with Gasteiger partial charge in [-0.15, -0.1) is 10.2 Å². The van der Waals surface area contributed by atoms with E-state index in [9.17, 15) is 15.3 Å². The molecule has 4 aromatic rings. The molecule has 0 fully saturated rings. The first-order valence-electron chi connectivity index (χ1n) is 8.20. The predicted octanol–water partition coefficient (Wildman–Crippen LogP) is 2.30. The van der Waals surface area contributed by atoms with Crippen molar-refractivity contribution < 1.29 is 0 Å². The van der Waals surface area contributed by atoms with Gasteiger partial charge in [0.15, 0.2) is 17.2 Å². The summed E-state index contributed by atoms with van der Waals surface area (Å²) in [6.07, 6.45) is 4.31. The molecule has 0 aliphatic rings. The van der Waals surface area contributed by atoms with Gasteiger partial charge in [-0.2, -0.15) is 20.3 Å². The average Bonchev–Trinajstić information content (AvgIpc) is 3.33. The highest BCUT2D eigenvalue weighted by Crippen LogP contribution is 2.24. The van der Waals surface area contributed by atoms with Gasteiger partial charge in [0.05, 0.1) is 11.9 Å². The third-order valence-corrected chi connectivity index (χ3v) is 3.84. The molecule has 0 atom stereocenters. The van der Waals surface area contributed by atoms with Gasteiger partial charge < -0.3 is 0 Å². The van der Waals surface area contributed by atoms with Gasteiger partial charge in [-0.3, -0.25) is 9.89 Å². The first-order chi connectivity index (χ1) is 14.2. The maximum atomic E-state index is 12.7. The molecule has 1 aromatic carbocycles. The summed E-state index contributed by atoms with van der Waals surface area (Å²) in [5.74, 6) is 0.216. The summed E-state index contributed by atoms with van der Waals surface area (Å²) in [6, 6.07) is 14.2. The summed E-state index contributed by atoms with van der Waals surface area (Å²) >= 11 is 0.